The number of anilines is 4. The van der Waals surface area contributed by atoms with Crippen molar-refractivity contribution in [2.24, 2.45) is 0 Å². The van der Waals surface area contributed by atoms with Crippen molar-refractivity contribution in [2.45, 2.75) is 13.1 Å². The highest BCUT2D eigenvalue weighted by Gasteiger charge is 2.15. The molecule has 0 radical (unpaired) electrons. The fourth-order valence-electron chi connectivity index (χ4n) is 4.85. The van der Waals surface area contributed by atoms with Crippen molar-refractivity contribution in [1.82, 2.24) is 29.4 Å². The average Bonchev–Trinajstić information content (AvgIpc) is 3.20. The molecule has 0 saturated carbocycles. The van der Waals surface area contributed by atoms with Gasteiger partial charge in [-0.3, -0.25) is 0 Å². The number of ether oxygens (including phenoxy) is 2. The second-order valence-electron chi connectivity index (χ2n) is 12.2. The van der Waals surface area contributed by atoms with Crippen molar-refractivity contribution in [3.8, 4) is 22.8 Å². The number of methoxy groups -OCH3 is 2. The number of hydrogen-bond donors (Lipinski definition) is 6. The highest BCUT2D eigenvalue weighted by molar-refractivity contribution is 7.88. The molecule has 0 bridgehead atoms. The van der Waals surface area contributed by atoms with Crippen LogP contribution in [0, 0.1) is 0 Å². The Labute approximate surface area is 343 Å². The molecule has 20 heteroatoms. The summed E-state index contributed by atoms with van der Waals surface area (Å²) in [5.41, 5.74) is 5.40. The lowest BCUT2D eigenvalue weighted by molar-refractivity contribution is 0.403. The van der Waals surface area contributed by atoms with E-state index < -0.39 is 27.2 Å². The molecule has 0 amide bonds. The first-order valence-electron chi connectivity index (χ1n) is 17.2. The number of benzene rings is 4. The van der Waals surface area contributed by atoms with Crippen molar-refractivity contribution < 1.29 is 36.4 Å². The summed E-state index contributed by atoms with van der Waals surface area (Å²) in [6, 6.07) is 32.6. The first-order valence-corrected chi connectivity index (χ1v) is 21.3. The lowest BCUT2D eigenvalue weighted by atomic mass is 9.80. The molecule has 2 aromatic heterocycles. The quantitative estimate of drug-likeness (QED) is 0.0666. The Balaban J connectivity index is 0.000000210. The van der Waals surface area contributed by atoms with Gasteiger partial charge in [-0.25, -0.2) is 46.2 Å². The summed E-state index contributed by atoms with van der Waals surface area (Å²) in [5.74, 6) is 2.47. The highest BCUT2D eigenvalue weighted by Crippen LogP contribution is 2.29. The second-order valence-corrected chi connectivity index (χ2v) is 16.2. The van der Waals surface area contributed by atoms with Crippen LogP contribution in [-0.2, 0) is 33.1 Å². The van der Waals surface area contributed by atoms with Gasteiger partial charge in [0, 0.05) is 47.6 Å². The minimum Gasteiger partial charge on any atom is -0.497 e. The molecule has 6 N–H and O–H groups in total. The van der Waals surface area contributed by atoms with E-state index >= 15 is 0 Å². The van der Waals surface area contributed by atoms with E-state index in [2.05, 4.69) is 40.0 Å². The molecule has 6 rings (SSSR count). The zero-order valence-corrected chi connectivity index (χ0v) is 34.3. The maximum Gasteiger partial charge on any atom is 0.492 e. The van der Waals surface area contributed by atoms with E-state index in [1.165, 1.54) is 19.8 Å². The van der Waals surface area contributed by atoms with E-state index in [1.807, 2.05) is 78.9 Å². The molecule has 58 heavy (non-hydrogen) atoms. The lowest BCUT2D eigenvalue weighted by Gasteiger charge is -2.10. The third-order valence-electron chi connectivity index (χ3n) is 7.63. The first kappa shape index (κ1) is 45.0. The Morgan fingerprint density at radius 2 is 1.09 bits per heavy atom. The van der Waals surface area contributed by atoms with Crippen LogP contribution >= 0.6 is 11.6 Å². The van der Waals surface area contributed by atoms with Crippen molar-refractivity contribution in [2.75, 3.05) is 37.4 Å². The van der Waals surface area contributed by atoms with Crippen LogP contribution in [0.2, 0.25) is 5.15 Å². The maximum absolute atomic E-state index is 11.2. The number of nitrogens with one attached hydrogen (secondary N) is 4. The Kier molecular flexibility index (Phi) is 16.9. The molecule has 0 aliphatic heterocycles. The van der Waals surface area contributed by atoms with E-state index in [0.29, 0.717) is 28.0 Å². The minimum atomic E-state index is -3.21. The predicted octanol–water partition coefficient (Wildman–Crippen LogP) is 4.24. The second kappa shape index (κ2) is 21.7. The Morgan fingerprint density at radius 3 is 1.55 bits per heavy atom. The Hall–Kier alpha value is -5.67. The standard InChI is InChI=1S/C19H20N4O3S.C12H13ClN4O2S.C7H9BO3/c1-26-18-6-4-3-5-16(18)17-11-19(21-13-20-17)23-15-9-7-14(8-10-15)12-22-27(2,24)25;1-20(18,19)16-7-9-2-4-10(5-3-9)17-12-6-11(13)14-8-15-12;1-11-7-5-3-2-4-6(7)8(9)10/h3-11,13,22H,12H2,1-2H3,(H,20,21,23);2-6,8,16H,7H2,1H3,(H,14,15,17);2-5,9-10H,1H3. The number of para-hydroxylation sites is 2. The van der Waals surface area contributed by atoms with E-state index in [1.54, 1.807) is 37.4 Å². The Morgan fingerprint density at radius 1 is 0.621 bits per heavy atom. The largest absolute Gasteiger partial charge is 0.497 e. The Bertz CT molecular complexity index is 2450. The number of rotatable bonds is 14. The van der Waals surface area contributed by atoms with Crippen molar-refractivity contribution >= 4 is 67.2 Å². The maximum atomic E-state index is 11.2. The predicted molar refractivity (Wildman–Crippen MR) is 227 cm³/mol. The molecule has 2 heterocycles. The topological polar surface area (TPSA) is 227 Å². The van der Waals surface area contributed by atoms with E-state index in [9.17, 15) is 16.8 Å². The van der Waals surface area contributed by atoms with Crippen molar-refractivity contribution in [1.29, 1.82) is 0 Å². The minimum absolute atomic E-state index is 0.255. The molecule has 4 aromatic carbocycles. The van der Waals surface area contributed by atoms with Gasteiger partial charge in [-0.05, 0) is 53.6 Å². The molecule has 0 aliphatic rings. The summed E-state index contributed by atoms with van der Waals surface area (Å²) >= 11 is 5.76. The van der Waals surface area contributed by atoms with Crippen LogP contribution in [-0.4, -0.2) is 80.7 Å². The van der Waals surface area contributed by atoms with Crippen LogP contribution in [0.15, 0.2) is 122 Å². The summed E-state index contributed by atoms with van der Waals surface area (Å²) < 4.78 is 59.5. The smallest absolute Gasteiger partial charge is 0.492 e. The zero-order chi connectivity index (χ0) is 42.1. The summed E-state index contributed by atoms with van der Waals surface area (Å²) in [7, 11) is -4.75. The molecule has 0 fully saturated rings. The SMILES string of the molecule is COc1ccccc1-c1cc(Nc2ccc(CNS(C)(=O)=O)cc2)ncn1.COc1ccccc1B(O)O.CS(=O)(=O)NCc1ccc(Nc2cc(Cl)ncn2)cc1. The van der Waals surface area contributed by atoms with Gasteiger partial charge in [0.15, 0.2) is 0 Å². The van der Waals surface area contributed by atoms with Gasteiger partial charge in [0.05, 0.1) is 32.4 Å². The van der Waals surface area contributed by atoms with Crippen LogP contribution in [0.4, 0.5) is 23.0 Å². The van der Waals surface area contributed by atoms with Crippen LogP contribution in [0.1, 0.15) is 11.1 Å². The fourth-order valence-corrected chi connectivity index (χ4v) is 5.85. The molecule has 304 valence electrons. The van der Waals surface area contributed by atoms with Crippen LogP contribution in [0.5, 0.6) is 11.5 Å². The van der Waals surface area contributed by atoms with Gasteiger partial charge in [-0.15, -0.1) is 0 Å². The monoisotopic (exact) mass is 848 g/mol. The van der Waals surface area contributed by atoms with Gasteiger partial charge in [0.1, 0.15) is 40.9 Å². The molecule has 16 nitrogen and oxygen atoms in total. The summed E-state index contributed by atoms with van der Waals surface area (Å²) in [6.07, 6.45) is 5.13. The first-order chi connectivity index (χ1) is 27.6. The average molecular weight is 849 g/mol. The van der Waals surface area contributed by atoms with Crippen molar-refractivity contribution in [3.63, 3.8) is 0 Å². The van der Waals surface area contributed by atoms with Gasteiger partial charge in [0.2, 0.25) is 20.0 Å². The number of sulfonamides is 2. The molecule has 0 saturated heterocycles. The third-order valence-corrected chi connectivity index (χ3v) is 9.17. The lowest BCUT2D eigenvalue weighted by Crippen LogP contribution is -2.30. The molecule has 6 aromatic rings. The molecule has 0 spiro atoms. The normalized spacial score (nSPS) is 10.9. The number of halogens is 1. The molecule has 0 atom stereocenters. The third kappa shape index (κ3) is 15.7. The summed E-state index contributed by atoms with van der Waals surface area (Å²) in [6.45, 7) is 0.517. The molecular weight excluding hydrogens is 807 g/mol. The van der Waals surface area contributed by atoms with Crippen LogP contribution in [0.25, 0.3) is 11.3 Å². The van der Waals surface area contributed by atoms with Gasteiger partial charge in [-0.2, -0.15) is 0 Å². The number of nitrogens with zero attached hydrogens (tertiary/aromatic N) is 4. The van der Waals surface area contributed by atoms with Crippen LogP contribution < -0.4 is 35.0 Å². The highest BCUT2D eigenvalue weighted by atomic mass is 35.5. The molecular formula is C38H42BClN8O8S2. The van der Waals surface area contributed by atoms with Crippen molar-refractivity contribution in [3.05, 3.63) is 138 Å². The van der Waals surface area contributed by atoms with E-state index in [4.69, 9.17) is 31.1 Å². The van der Waals surface area contributed by atoms with E-state index in [0.717, 1.165) is 52.0 Å². The summed E-state index contributed by atoms with van der Waals surface area (Å²) in [4.78, 5) is 16.4. The number of hydrogen-bond acceptors (Lipinski definition) is 14. The van der Waals surface area contributed by atoms with Gasteiger partial charge in [0.25, 0.3) is 0 Å². The fraction of sp³-hybridized carbons (Fsp3) is 0.158. The number of aromatic nitrogens is 4. The zero-order valence-electron chi connectivity index (χ0n) is 31.9. The van der Waals surface area contributed by atoms with Crippen LogP contribution in [0.3, 0.4) is 0 Å². The van der Waals surface area contributed by atoms with Gasteiger partial charge in [-0.1, -0.05) is 66.2 Å². The van der Waals surface area contributed by atoms with Gasteiger partial charge >= 0.3 is 7.12 Å². The molecule has 0 unspecified atom stereocenters. The molecule has 0 aliphatic carbocycles. The summed E-state index contributed by atoms with van der Waals surface area (Å²) in [5, 5.41) is 24.3. The van der Waals surface area contributed by atoms with E-state index in [-0.39, 0.29) is 13.1 Å². The van der Waals surface area contributed by atoms with Gasteiger partial charge < -0.3 is 30.2 Å².